The number of ether oxygens (including phenoxy) is 1. The zero-order valence-electron chi connectivity index (χ0n) is 18.1. The van der Waals surface area contributed by atoms with Crippen molar-refractivity contribution in [3.8, 4) is 11.1 Å². The summed E-state index contributed by atoms with van der Waals surface area (Å²) in [6, 6.07) is 20.7. The van der Waals surface area contributed by atoms with Crippen LogP contribution < -0.4 is 10.9 Å². The molecule has 2 atom stereocenters. The Balaban J connectivity index is 1.20. The average Bonchev–Trinajstić information content (AvgIpc) is 3.19. The minimum atomic E-state index is -1.31. The molecule has 8 nitrogen and oxygen atoms in total. The molecule has 8 heteroatoms. The lowest BCUT2D eigenvalue weighted by Gasteiger charge is -2.19. The quantitative estimate of drug-likeness (QED) is 0.353. The number of nitrogens with one attached hydrogen (secondary N) is 2. The fourth-order valence-electron chi connectivity index (χ4n) is 4.44. The highest BCUT2D eigenvalue weighted by Gasteiger charge is 2.29. The number of fused-ring (bicyclic) bond motifs is 4. The molecule has 4 N–H and O–H groups in total. The van der Waals surface area contributed by atoms with Gasteiger partial charge >= 0.3 is 6.09 Å². The first-order valence-electron chi connectivity index (χ1n) is 11.0. The van der Waals surface area contributed by atoms with Gasteiger partial charge in [-0.1, -0.05) is 54.6 Å². The van der Waals surface area contributed by atoms with E-state index in [0.29, 0.717) is 16.5 Å². The van der Waals surface area contributed by atoms with Crippen molar-refractivity contribution in [1.29, 1.82) is 0 Å². The number of nitrogens with zero attached hydrogens (tertiary/aromatic N) is 1. The molecule has 4 aromatic rings. The van der Waals surface area contributed by atoms with Gasteiger partial charge in [0, 0.05) is 12.5 Å². The molecule has 34 heavy (non-hydrogen) atoms. The molecule has 1 aliphatic carbocycles. The Bertz CT molecular complexity index is 1370. The van der Waals surface area contributed by atoms with Crippen LogP contribution in [0.4, 0.5) is 4.79 Å². The number of hydrogen-bond donors (Lipinski definition) is 4. The van der Waals surface area contributed by atoms with Crippen molar-refractivity contribution in [2.75, 3.05) is 13.2 Å². The van der Waals surface area contributed by atoms with Crippen molar-refractivity contribution in [1.82, 2.24) is 15.3 Å². The Morgan fingerprint density at radius 3 is 2.41 bits per heavy atom. The Hall–Kier alpha value is -4.01. The normalized spacial score (nSPS) is 14.3. The Morgan fingerprint density at radius 1 is 1.03 bits per heavy atom. The van der Waals surface area contributed by atoms with Crippen LogP contribution in [0.15, 0.2) is 77.9 Å². The van der Waals surface area contributed by atoms with Crippen LogP contribution in [-0.4, -0.2) is 45.5 Å². The second-order valence-corrected chi connectivity index (χ2v) is 8.23. The Labute approximate surface area is 194 Å². The van der Waals surface area contributed by atoms with E-state index in [-0.39, 0.29) is 24.6 Å². The summed E-state index contributed by atoms with van der Waals surface area (Å²) in [7, 11) is 0. The lowest BCUT2D eigenvalue weighted by Crippen LogP contribution is -2.36. The first-order chi connectivity index (χ1) is 16.5. The van der Waals surface area contributed by atoms with Gasteiger partial charge in [-0.15, -0.1) is 0 Å². The van der Waals surface area contributed by atoms with Gasteiger partial charge in [0.15, 0.2) is 0 Å². The number of H-pyrrole nitrogens is 1. The molecule has 1 heterocycles. The number of aromatic nitrogens is 2. The van der Waals surface area contributed by atoms with E-state index in [9.17, 15) is 19.8 Å². The fourth-order valence-corrected chi connectivity index (χ4v) is 4.44. The van der Waals surface area contributed by atoms with Crippen molar-refractivity contribution in [3.63, 3.8) is 0 Å². The summed E-state index contributed by atoms with van der Waals surface area (Å²) in [4.78, 5) is 30.8. The third kappa shape index (κ3) is 4.05. The highest BCUT2D eigenvalue weighted by molar-refractivity contribution is 5.79. The molecule has 0 saturated heterocycles. The molecule has 0 radical (unpaired) electrons. The molecule has 0 saturated carbocycles. The summed E-state index contributed by atoms with van der Waals surface area (Å²) >= 11 is 0. The van der Waals surface area contributed by atoms with Crippen LogP contribution in [-0.2, 0) is 4.74 Å². The average molecular weight is 457 g/mol. The highest BCUT2D eigenvalue weighted by atomic mass is 16.5. The predicted molar refractivity (Wildman–Crippen MR) is 126 cm³/mol. The van der Waals surface area contributed by atoms with Gasteiger partial charge in [-0.3, -0.25) is 4.79 Å². The van der Waals surface area contributed by atoms with Crippen LogP contribution in [0.1, 0.15) is 28.7 Å². The van der Waals surface area contributed by atoms with Crippen LogP contribution in [0, 0.1) is 0 Å². The maximum atomic E-state index is 12.3. The standard InChI is InChI=1S/C26H23N3O5/c30-23(24(31)15-9-10-22-20(11-15)25(32)29-14-28-22)12-27-26(33)34-13-21-18-7-3-1-5-16(18)17-6-2-4-8-19(17)21/h1-11,14,21,23-24,30-31H,12-13H2,(H,27,33)(H,28,29,32). The molecular formula is C26H23N3O5. The van der Waals surface area contributed by atoms with E-state index in [0.717, 1.165) is 22.3 Å². The lowest BCUT2D eigenvalue weighted by molar-refractivity contribution is 0.0186. The molecule has 5 rings (SSSR count). The molecule has 0 spiro atoms. The van der Waals surface area contributed by atoms with Gasteiger partial charge in [-0.05, 0) is 39.9 Å². The molecule has 172 valence electrons. The number of carbonyl (C=O) groups excluding carboxylic acids is 1. The van der Waals surface area contributed by atoms with E-state index in [2.05, 4.69) is 27.4 Å². The number of aliphatic hydroxyl groups is 2. The van der Waals surface area contributed by atoms with Crippen LogP contribution in [0.3, 0.4) is 0 Å². The van der Waals surface area contributed by atoms with Crippen molar-refractivity contribution >= 4 is 17.0 Å². The summed E-state index contributed by atoms with van der Waals surface area (Å²) in [6.07, 6.45) is -1.99. The van der Waals surface area contributed by atoms with E-state index >= 15 is 0 Å². The van der Waals surface area contributed by atoms with E-state index in [1.807, 2.05) is 36.4 Å². The van der Waals surface area contributed by atoms with E-state index in [1.165, 1.54) is 12.4 Å². The second kappa shape index (κ2) is 9.09. The summed E-state index contributed by atoms with van der Waals surface area (Å²) in [6.45, 7) is -0.0712. The van der Waals surface area contributed by atoms with Crippen molar-refractivity contribution in [2.24, 2.45) is 0 Å². The second-order valence-electron chi connectivity index (χ2n) is 8.23. The largest absolute Gasteiger partial charge is 0.449 e. The zero-order valence-corrected chi connectivity index (χ0v) is 18.1. The Morgan fingerprint density at radius 2 is 1.71 bits per heavy atom. The number of aromatic amines is 1. The topological polar surface area (TPSA) is 125 Å². The molecule has 0 fully saturated rings. The summed E-state index contributed by atoms with van der Waals surface area (Å²) in [5, 5.41) is 23.7. The molecule has 1 aliphatic rings. The van der Waals surface area contributed by atoms with Gasteiger partial charge in [-0.2, -0.15) is 0 Å². The van der Waals surface area contributed by atoms with Crippen LogP contribution >= 0.6 is 0 Å². The molecule has 2 unspecified atom stereocenters. The third-order valence-corrected chi connectivity index (χ3v) is 6.17. The smallest absolute Gasteiger partial charge is 0.407 e. The zero-order chi connectivity index (χ0) is 23.7. The molecule has 1 aromatic heterocycles. The van der Waals surface area contributed by atoms with Crippen LogP contribution in [0.5, 0.6) is 0 Å². The van der Waals surface area contributed by atoms with Gasteiger partial charge < -0.3 is 25.3 Å². The molecular weight excluding hydrogens is 434 g/mol. The highest BCUT2D eigenvalue weighted by Crippen LogP contribution is 2.44. The molecule has 0 bridgehead atoms. The van der Waals surface area contributed by atoms with Crippen molar-refractivity contribution in [3.05, 3.63) is 100 Å². The summed E-state index contributed by atoms with van der Waals surface area (Å²) < 4.78 is 5.45. The monoisotopic (exact) mass is 457 g/mol. The third-order valence-electron chi connectivity index (χ3n) is 6.17. The molecule has 3 aromatic carbocycles. The van der Waals surface area contributed by atoms with Gasteiger partial charge in [0.1, 0.15) is 18.8 Å². The number of rotatable bonds is 6. The number of hydrogen-bond acceptors (Lipinski definition) is 6. The summed E-state index contributed by atoms with van der Waals surface area (Å²) in [5.41, 5.74) is 4.95. The van der Waals surface area contributed by atoms with Crippen LogP contribution in [0.25, 0.3) is 22.0 Å². The van der Waals surface area contributed by atoms with E-state index in [4.69, 9.17) is 4.74 Å². The van der Waals surface area contributed by atoms with Gasteiger partial charge in [-0.25, -0.2) is 9.78 Å². The first kappa shape index (κ1) is 21.8. The number of amides is 1. The van der Waals surface area contributed by atoms with Crippen molar-refractivity contribution in [2.45, 2.75) is 18.1 Å². The van der Waals surface area contributed by atoms with E-state index in [1.54, 1.807) is 12.1 Å². The number of carbonyl (C=O) groups is 1. The first-order valence-corrected chi connectivity index (χ1v) is 11.0. The Kier molecular flexibility index (Phi) is 5.83. The lowest BCUT2D eigenvalue weighted by atomic mass is 9.98. The predicted octanol–water partition coefficient (Wildman–Crippen LogP) is 2.86. The summed E-state index contributed by atoms with van der Waals surface area (Å²) in [5.74, 6) is -0.0713. The van der Waals surface area contributed by atoms with Gasteiger partial charge in [0.25, 0.3) is 5.56 Å². The maximum Gasteiger partial charge on any atom is 0.407 e. The fraction of sp³-hybridized carbons (Fsp3) is 0.192. The van der Waals surface area contributed by atoms with Gasteiger partial charge in [0.2, 0.25) is 0 Å². The number of benzene rings is 3. The van der Waals surface area contributed by atoms with Crippen LogP contribution in [0.2, 0.25) is 0 Å². The van der Waals surface area contributed by atoms with Gasteiger partial charge in [0.05, 0.1) is 17.2 Å². The molecule has 0 aliphatic heterocycles. The van der Waals surface area contributed by atoms with E-state index < -0.39 is 18.3 Å². The van der Waals surface area contributed by atoms with Crippen molar-refractivity contribution < 1.29 is 19.7 Å². The minimum absolute atomic E-state index is 0.0713. The maximum absolute atomic E-state index is 12.3. The SMILES string of the molecule is O=C(NCC(O)C(O)c1ccc2nc[nH]c(=O)c2c1)OCC1c2ccccc2-c2ccccc21. The minimum Gasteiger partial charge on any atom is -0.449 e. The molecule has 1 amide bonds. The number of aliphatic hydroxyl groups excluding tert-OH is 2. The number of alkyl carbamates (subject to hydrolysis) is 1.